The fraction of sp³-hybridized carbons (Fsp3) is 0.391. The highest BCUT2D eigenvalue weighted by molar-refractivity contribution is 5.79. The summed E-state index contributed by atoms with van der Waals surface area (Å²) in [4.78, 5) is 32.1. The minimum absolute atomic E-state index is 0.0289. The van der Waals surface area contributed by atoms with E-state index < -0.39 is 0 Å². The van der Waals surface area contributed by atoms with Crippen LogP contribution in [0.25, 0.3) is 5.82 Å². The number of para-hydroxylation sites is 1. The molecular weight excluding hydrogens is 409 g/mol. The van der Waals surface area contributed by atoms with Crippen molar-refractivity contribution in [3.05, 3.63) is 61.2 Å². The van der Waals surface area contributed by atoms with E-state index in [9.17, 15) is 9.18 Å². The predicted molar refractivity (Wildman–Crippen MR) is 119 cm³/mol. The second-order valence-electron chi connectivity index (χ2n) is 8.23. The van der Waals surface area contributed by atoms with Gasteiger partial charge >= 0.3 is 0 Å². The lowest BCUT2D eigenvalue weighted by Gasteiger charge is -2.39. The molecule has 2 aromatic heterocycles. The molecule has 0 radical (unpaired) electrons. The highest BCUT2D eigenvalue weighted by Gasteiger charge is 2.31. The number of piperazine rings is 1. The van der Waals surface area contributed by atoms with E-state index in [2.05, 4.69) is 19.9 Å². The van der Waals surface area contributed by atoms with Crippen LogP contribution in [0.5, 0.6) is 0 Å². The normalized spacial score (nSPS) is 17.6. The van der Waals surface area contributed by atoms with E-state index in [-0.39, 0.29) is 17.6 Å². The van der Waals surface area contributed by atoms with Crippen LogP contribution in [0.3, 0.4) is 0 Å². The Hall–Kier alpha value is -3.49. The number of hydrogen-bond acceptors (Lipinski definition) is 6. The van der Waals surface area contributed by atoms with Gasteiger partial charge in [-0.2, -0.15) is 0 Å². The lowest BCUT2D eigenvalue weighted by Crippen LogP contribution is -2.52. The van der Waals surface area contributed by atoms with Gasteiger partial charge < -0.3 is 14.7 Å². The number of aromatic nitrogens is 4. The van der Waals surface area contributed by atoms with Crippen LogP contribution in [0.1, 0.15) is 12.8 Å². The summed E-state index contributed by atoms with van der Waals surface area (Å²) in [7, 11) is 0. The molecular formula is C23H26FN7O. The molecule has 32 heavy (non-hydrogen) atoms. The van der Waals surface area contributed by atoms with Crippen molar-refractivity contribution < 1.29 is 9.18 Å². The maximum Gasteiger partial charge on any atom is 0.225 e. The zero-order valence-electron chi connectivity index (χ0n) is 17.8. The zero-order valence-corrected chi connectivity index (χ0v) is 17.8. The molecule has 0 aliphatic carbocycles. The standard InChI is InChI=1S/C23H26FN7O/c24-19-3-1-2-4-20(19)28-11-13-30(14-12-28)23(32)18-5-8-29(9-6-18)21-15-22(27-16-26-21)31-10-7-25-17-31/h1-4,7,10,15-18H,5-6,8-9,11-14H2. The van der Waals surface area contributed by atoms with Crippen molar-refractivity contribution in [3.8, 4) is 5.82 Å². The Kier molecular flexibility index (Phi) is 5.70. The number of benzene rings is 1. The van der Waals surface area contributed by atoms with Gasteiger partial charge in [-0.25, -0.2) is 19.3 Å². The van der Waals surface area contributed by atoms with Gasteiger partial charge in [0.25, 0.3) is 0 Å². The largest absolute Gasteiger partial charge is 0.366 e. The number of imidazole rings is 1. The number of carbonyl (C=O) groups is 1. The van der Waals surface area contributed by atoms with Crippen LogP contribution in [-0.4, -0.2) is 69.6 Å². The summed E-state index contributed by atoms with van der Waals surface area (Å²) in [5.41, 5.74) is 0.618. The van der Waals surface area contributed by atoms with E-state index in [0.29, 0.717) is 31.9 Å². The van der Waals surface area contributed by atoms with E-state index in [1.807, 2.05) is 32.7 Å². The molecule has 2 saturated heterocycles. The van der Waals surface area contributed by atoms with E-state index in [0.717, 1.165) is 37.6 Å². The Bertz CT molecular complexity index is 1060. The smallest absolute Gasteiger partial charge is 0.225 e. The highest BCUT2D eigenvalue weighted by Crippen LogP contribution is 2.26. The lowest BCUT2D eigenvalue weighted by molar-refractivity contribution is -0.136. The van der Waals surface area contributed by atoms with Crippen molar-refractivity contribution in [2.24, 2.45) is 5.92 Å². The number of halogens is 1. The van der Waals surface area contributed by atoms with Gasteiger partial charge in [0.1, 0.15) is 30.1 Å². The molecule has 3 aromatic rings. The van der Waals surface area contributed by atoms with Crippen LogP contribution in [0.15, 0.2) is 55.4 Å². The maximum absolute atomic E-state index is 14.1. The minimum Gasteiger partial charge on any atom is -0.366 e. The first kappa shape index (κ1) is 20.4. The average molecular weight is 436 g/mol. The summed E-state index contributed by atoms with van der Waals surface area (Å²) in [5, 5.41) is 0. The van der Waals surface area contributed by atoms with Gasteiger partial charge in [-0.15, -0.1) is 0 Å². The summed E-state index contributed by atoms with van der Waals surface area (Å²) < 4.78 is 15.9. The molecule has 2 fully saturated rings. The first-order chi connectivity index (χ1) is 15.7. The van der Waals surface area contributed by atoms with Crippen molar-refractivity contribution in [2.45, 2.75) is 12.8 Å². The van der Waals surface area contributed by atoms with Gasteiger partial charge in [0.15, 0.2) is 0 Å². The summed E-state index contributed by atoms with van der Waals surface area (Å²) in [6.45, 7) is 4.14. The highest BCUT2D eigenvalue weighted by atomic mass is 19.1. The SMILES string of the molecule is O=C(C1CCN(c2cc(-n3ccnc3)ncn2)CC1)N1CCN(c2ccccc2F)CC1. The van der Waals surface area contributed by atoms with Crippen LogP contribution in [0.4, 0.5) is 15.9 Å². The molecule has 0 spiro atoms. The maximum atomic E-state index is 14.1. The van der Waals surface area contributed by atoms with E-state index in [1.165, 1.54) is 6.07 Å². The van der Waals surface area contributed by atoms with Crippen molar-refractivity contribution in [3.63, 3.8) is 0 Å². The molecule has 1 amide bonds. The number of nitrogens with zero attached hydrogens (tertiary/aromatic N) is 7. The zero-order chi connectivity index (χ0) is 21.9. The molecule has 0 saturated carbocycles. The van der Waals surface area contributed by atoms with Crippen molar-refractivity contribution in [2.75, 3.05) is 49.1 Å². The van der Waals surface area contributed by atoms with Gasteiger partial charge in [-0.3, -0.25) is 9.36 Å². The fourth-order valence-corrected chi connectivity index (χ4v) is 4.54. The molecule has 0 N–H and O–H groups in total. The number of hydrogen-bond donors (Lipinski definition) is 0. The number of carbonyl (C=O) groups excluding carboxylic acids is 1. The monoisotopic (exact) mass is 435 g/mol. The molecule has 0 bridgehead atoms. The Morgan fingerprint density at radius 2 is 1.69 bits per heavy atom. The third-order valence-corrected chi connectivity index (χ3v) is 6.36. The minimum atomic E-state index is -0.208. The Balaban J connectivity index is 1.15. The van der Waals surface area contributed by atoms with Crippen molar-refractivity contribution in [1.82, 2.24) is 24.4 Å². The predicted octanol–water partition coefficient (Wildman–Crippen LogP) is 2.37. The molecule has 8 nitrogen and oxygen atoms in total. The lowest BCUT2D eigenvalue weighted by atomic mass is 9.95. The van der Waals surface area contributed by atoms with Crippen molar-refractivity contribution >= 4 is 17.4 Å². The van der Waals surface area contributed by atoms with Crippen LogP contribution in [0, 0.1) is 11.7 Å². The van der Waals surface area contributed by atoms with Crippen molar-refractivity contribution in [1.29, 1.82) is 0 Å². The number of anilines is 2. The van der Waals surface area contributed by atoms with Crippen LogP contribution in [0.2, 0.25) is 0 Å². The molecule has 5 rings (SSSR count). The molecule has 0 unspecified atom stereocenters. The first-order valence-corrected chi connectivity index (χ1v) is 11.0. The Morgan fingerprint density at radius 3 is 2.41 bits per heavy atom. The van der Waals surface area contributed by atoms with E-state index >= 15 is 0 Å². The number of piperidine rings is 1. The summed E-state index contributed by atoms with van der Waals surface area (Å²) in [6, 6.07) is 8.78. The summed E-state index contributed by atoms with van der Waals surface area (Å²) >= 11 is 0. The molecule has 0 atom stereocenters. The molecule has 9 heteroatoms. The first-order valence-electron chi connectivity index (χ1n) is 11.0. The van der Waals surface area contributed by atoms with E-state index in [1.54, 1.807) is 31.0 Å². The molecule has 2 aliphatic heterocycles. The third kappa shape index (κ3) is 4.15. The molecule has 166 valence electrons. The fourth-order valence-electron chi connectivity index (χ4n) is 4.54. The van der Waals surface area contributed by atoms with Gasteiger partial charge in [-0.1, -0.05) is 12.1 Å². The number of amides is 1. The molecule has 1 aromatic carbocycles. The Labute approximate surface area is 186 Å². The number of rotatable bonds is 4. The third-order valence-electron chi connectivity index (χ3n) is 6.36. The van der Waals surface area contributed by atoms with Crippen LogP contribution in [-0.2, 0) is 4.79 Å². The van der Waals surface area contributed by atoms with Gasteiger partial charge in [-0.05, 0) is 25.0 Å². The van der Waals surface area contributed by atoms with Crippen LogP contribution < -0.4 is 9.80 Å². The molecule has 4 heterocycles. The molecule has 2 aliphatic rings. The second kappa shape index (κ2) is 8.94. The Morgan fingerprint density at radius 1 is 0.938 bits per heavy atom. The average Bonchev–Trinajstić information content (AvgIpc) is 3.40. The quantitative estimate of drug-likeness (QED) is 0.627. The van der Waals surface area contributed by atoms with E-state index in [4.69, 9.17) is 0 Å². The summed E-state index contributed by atoms with van der Waals surface area (Å²) in [5.74, 6) is 1.69. The van der Waals surface area contributed by atoms with Gasteiger partial charge in [0.2, 0.25) is 5.91 Å². The summed E-state index contributed by atoms with van der Waals surface area (Å²) in [6.07, 6.45) is 8.45. The van der Waals surface area contributed by atoms with Crippen LogP contribution >= 0.6 is 0 Å². The topological polar surface area (TPSA) is 70.4 Å². The second-order valence-corrected chi connectivity index (χ2v) is 8.23. The van der Waals surface area contributed by atoms with Gasteiger partial charge in [0.05, 0.1) is 5.69 Å². The van der Waals surface area contributed by atoms with Gasteiger partial charge in [0, 0.05) is 63.6 Å².